The topological polar surface area (TPSA) is 62.2 Å². The molecule has 0 radical (unpaired) electrons. The molecule has 0 bridgehead atoms. The van der Waals surface area contributed by atoms with E-state index in [0.717, 1.165) is 24.8 Å². The van der Waals surface area contributed by atoms with Crippen molar-refractivity contribution in [3.63, 3.8) is 0 Å². The molecule has 2 aliphatic heterocycles. The van der Waals surface area contributed by atoms with Gasteiger partial charge in [-0.3, -0.25) is 14.5 Å². The zero-order valence-electron chi connectivity index (χ0n) is 14.4. The first-order valence-corrected chi connectivity index (χ1v) is 8.40. The van der Waals surface area contributed by atoms with Crippen LogP contribution in [0.1, 0.15) is 64.1 Å². The minimum atomic E-state index is -0.240. The van der Waals surface area contributed by atoms with Crippen LogP contribution in [0.15, 0.2) is 17.2 Å². The summed E-state index contributed by atoms with van der Waals surface area (Å²) >= 11 is 0. The van der Waals surface area contributed by atoms with Crippen molar-refractivity contribution >= 4 is 18.0 Å². The maximum atomic E-state index is 12.8. The van der Waals surface area contributed by atoms with Gasteiger partial charge in [0.25, 0.3) is 11.8 Å². The van der Waals surface area contributed by atoms with Gasteiger partial charge in [-0.2, -0.15) is 5.10 Å². The highest BCUT2D eigenvalue weighted by Gasteiger charge is 2.39. The highest BCUT2D eigenvalue weighted by molar-refractivity contribution is 6.24. The third-order valence-electron chi connectivity index (χ3n) is 4.46. The molecule has 2 amide bonds. The van der Waals surface area contributed by atoms with E-state index in [1.165, 1.54) is 4.90 Å². The molecule has 6 heteroatoms. The molecule has 1 aromatic rings. The van der Waals surface area contributed by atoms with E-state index in [9.17, 15) is 9.59 Å². The van der Waals surface area contributed by atoms with Crippen LogP contribution in [0.5, 0.6) is 0 Å². The minimum absolute atomic E-state index is 0.110. The summed E-state index contributed by atoms with van der Waals surface area (Å²) in [4.78, 5) is 26.8. The maximum absolute atomic E-state index is 12.8. The van der Waals surface area contributed by atoms with Gasteiger partial charge in [-0.15, -0.1) is 0 Å². The Labute approximate surface area is 142 Å². The first kappa shape index (κ1) is 16.6. The zero-order valence-corrected chi connectivity index (χ0v) is 14.4. The fourth-order valence-electron chi connectivity index (χ4n) is 3.28. The molecule has 128 valence electrons. The molecule has 1 saturated heterocycles. The molecule has 1 atom stereocenters. The Kier molecular flexibility index (Phi) is 4.66. The quantitative estimate of drug-likeness (QED) is 0.483. The Morgan fingerprint density at radius 3 is 2.62 bits per heavy atom. The summed E-state index contributed by atoms with van der Waals surface area (Å²) in [5.74, 6) is -0.461. The first-order valence-electron chi connectivity index (χ1n) is 8.40. The van der Waals surface area contributed by atoms with Crippen LogP contribution in [0, 0.1) is 0 Å². The number of benzene rings is 1. The number of hydrazone groups is 1. The van der Waals surface area contributed by atoms with E-state index in [2.05, 4.69) is 5.10 Å². The number of carbonyl (C=O) groups excluding carboxylic acids is 2. The maximum Gasteiger partial charge on any atom is 0.262 e. The van der Waals surface area contributed by atoms with E-state index in [4.69, 9.17) is 4.74 Å². The van der Waals surface area contributed by atoms with Crippen molar-refractivity contribution in [3.8, 4) is 0 Å². The summed E-state index contributed by atoms with van der Waals surface area (Å²) in [5, 5.41) is 5.88. The third kappa shape index (κ3) is 2.82. The average molecular weight is 329 g/mol. The number of carbonyl (C=O) groups is 2. The number of imide groups is 1. The van der Waals surface area contributed by atoms with E-state index < -0.39 is 0 Å². The van der Waals surface area contributed by atoms with E-state index in [1.807, 2.05) is 33.2 Å². The van der Waals surface area contributed by atoms with Gasteiger partial charge in [0.15, 0.2) is 0 Å². The van der Waals surface area contributed by atoms with Crippen molar-refractivity contribution in [2.75, 3.05) is 27.2 Å². The van der Waals surface area contributed by atoms with Crippen LogP contribution in [0.3, 0.4) is 0 Å². The van der Waals surface area contributed by atoms with Crippen molar-refractivity contribution in [2.24, 2.45) is 5.10 Å². The predicted molar refractivity (Wildman–Crippen MR) is 91.3 cm³/mol. The van der Waals surface area contributed by atoms with Crippen molar-refractivity contribution in [1.29, 1.82) is 0 Å². The Morgan fingerprint density at radius 2 is 2.00 bits per heavy atom. The molecular formula is C18H23N3O3. The zero-order chi connectivity index (χ0) is 17.3. The van der Waals surface area contributed by atoms with Crippen LogP contribution in [0.2, 0.25) is 0 Å². The number of ether oxygens (including phenoxy) is 1. The summed E-state index contributed by atoms with van der Waals surface area (Å²) in [5.41, 5.74) is 2.46. The molecule has 0 saturated carbocycles. The molecule has 0 aromatic heterocycles. The predicted octanol–water partition coefficient (Wildman–Crippen LogP) is 2.44. The van der Waals surface area contributed by atoms with Gasteiger partial charge in [-0.25, -0.2) is 0 Å². The van der Waals surface area contributed by atoms with Gasteiger partial charge in [-0.1, -0.05) is 12.1 Å². The number of amides is 2. The van der Waals surface area contributed by atoms with Crippen LogP contribution in [0.25, 0.3) is 0 Å². The molecule has 24 heavy (non-hydrogen) atoms. The van der Waals surface area contributed by atoms with Crippen molar-refractivity contribution < 1.29 is 14.3 Å². The summed E-state index contributed by atoms with van der Waals surface area (Å²) in [6.07, 6.45) is 4.52. The second-order valence-electron chi connectivity index (χ2n) is 6.30. The van der Waals surface area contributed by atoms with Crippen molar-refractivity contribution in [1.82, 2.24) is 9.91 Å². The van der Waals surface area contributed by atoms with Crippen LogP contribution >= 0.6 is 0 Å². The van der Waals surface area contributed by atoms with Gasteiger partial charge in [0, 0.05) is 32.8 Å². The van der Waals surface area contributed by atoms with Crippen molar-refractivity contribution in [2.45, 2.75) is 32.3 Å². The highest BCUT2D eigenvalue weighted by atomic mass is 16.5. The second-order valence-corrected chi connectivity index (χ2v) is 6.30. The molecule has 0 spiro atoms. The summed E-state index contributed by atoms with van der Waals surface area (Å²) in [7, 11) is 3.62. The van der Waals surface area contributed by atoms with Crippen LogP contribution in [0.4, 0.5) is 0 Å². The highest BCUT2D eigenvalue weighted by Crippen LogP contribution is 2.36. The lowest BCUT2D eigenvalue weighted by Crippen LogP contribution is -2.29. The molecular weight excluding hydrogens is 306 g/mol. The Balaban J connectivity index is 2.12. The molecule has 1 fully saturated rings. The van der Waals surface area contributed by atoms with Gasteiger partial charge in [0.2, 0.25) is 0 Å². The average Bonchev–Trinajstić information content (AvgIpc) is 2.85. The number of rotatable bonds is 4. The summed E-state index contributed by atoms with van der Waals surface area (Å²) in [6.45, 7) is 2.87. The van der Waals surface area contributed by atoms with Gasteiger partial charge in [0.1, 0.15) is 0 Å². The lowest BCUT2D eigenvalue weighted by Gasteiger charge is -2.24. The molecule has 1 aromatic carbocycles. The fourth-order valence-corrected chi connectivity index (χ4v) is 3.28. The van der Waals surface area contributed by atoms with Crippen LogP contribution in [-0.2, 0) is 4.74 Å². The standard InChI is InChI=1S/C18H23N3O3/c1-4-21-17(22)15-12(11-19-20(2)3)8-9-13(16(15)18(21)23)14-7-5-6-10-24-14/h8-9,11,14H,4-7,10H2,1-3H3/b19-11+. The molecule has 2 heterocycles. The fraction of sp³-hybridized carbons (Fsp3) is 0.500. The van der Waals surface area contributed by atoms with E-state index in [1.54, 1.807) is 11.2 Å². The first-order chi connectivity index (χ1) is 11.5. The van der Waals surface area contributed by atoms with E-state index in [0.29, 0.717) is 29.8 Å². The molecule has 0 aliphatic carbocycles. The second kappa shape index (κ2) is 6.73. The largest absolute Gasteiger partial charge is 0.374 e. The normalized spacial score (nSPS) is 20.8. The molecule has 3 rings (SSSR count). The SMILES string of the molecule is CCN1C(=O)c2c(/C=N/N(C)C)ccc(C3CCCCO3)c2C1=O. The van der Waals surface area contributed by atoms with E-state index in [-0.39, 0.29) is 17.9 Å². The Hall–Kier alpha value is -2.21. The number of fused-ring (bicyclic) bond motifs is 1. The number of nitrogens with zero attached hydrogens (tertiary/aromatic N) is 3. The Bertz CT molecular complexity index is 691. The molecule has 1 unspecified atom stereocenters. The minimum Gasteiger partial charge on any atom is -0.374 e. The van der Waals surface area contributed by atoms with Crippen LogP contribution < -0.4 is 0 Å². The van der Waals surface area contributed by atoms with Gasteiger partial charge < -0.3 is 9.75 Å². The van der Waals surface area contributed by atoms with Crippen molar-refractivity contribution in [3.05, 3.63) is 34.4 Å². The lowest BCUT2D eigenvalue weighted by atomic mass is 9.92. The van der Waals surface area contributed by atoms with Crippen LogP contribution in [-0.4, -0.2) is 55.2 Å². The summed E-state index contributed by atoms with van der Waals surface area (Å²) < 4.78 is 5.86. The third-order valence-corrected chi connectivity index (χ3v) is 4.46. The Morgan fingerprint density at radius 1 is 1.25 bits per heavy atom. The molecule has 6 nitrogen and oxygen atoms in total. The molecule has 0 N–H and O–H groups in total. The number of hydrogen-bond acceptors (Lipinski definition) is 5. The monoisotopic (exact) mass is 329 g/mol. The van der Waals surface area contributed by atoms with Gasteiger partial charge >= 0.3 is 0 Å². The summed E-state index contributed by atoms with van der Waals surface area (Å²) in [6, 6.07) is 3.78. The van der Waals surface area contributed by atoms with Gasteiger partial charge in [-0.05, 0) is 31.7 Å². The lowest BCUT2D eigenvalue weighted by molar-refractivity contribution is 0.0143. The smallest absolute Gasteiger partial charge is 0.262 e. The molecule has 2 aliphatic rings. The number of hydrogen-bond donors (Lipinski definition) is 0. The van der Waals surface area contributed by atoms with E-state index >= 15 is 0 Å². The van der Waals surface area contributed by atoms with Gasteiger partial charge in [0.05, 0.1) is 23.4 Å².